The molecule has 2 rings (SSSR count). The van der Waals surface area contributed by atoms with Crippen molar-refractivity contribution in [2.24, 2.45) is 0 Å². The van der Waals surface area contributed by atoms with Gasteiger partial charge < -0.3 is 9.67 Å². The molecule has 0 aliphatic heterocycles. The van der Waals surface area contributed by atoms with Gasteiger partial charge in [-0.1, -0.05) is 0 Å². The molecule has 0 saturated heterocycles. The number of nitro groups is 1. The van der Waals surface area contributed by atoms with Gasteiger partial charge in [0.2, 0.25) is 0 Å². The normalized spacial score (nSPS) is 10.6. The summed E-state index contributed by atoms with van der Waals surface area (Å²) in [5.74, 6) is -1.20. The van der Waals surface area contributed by atoms with Crippen LogP contribution in [0.1, 0.15) is 26.1 Å². The van der Waals surface area contributed by atoms with E-state index in [0.29, 0.717) is 0 Å². The summed E-state index contributed by atoms with van der Waals surface area (Å²) >= 11 is 1.45. The first-order valence-electron chi connectivity index (χ1n) is 5.39. The Balaban J connectivity index is 2.38. The first kappa shape index (κ1) is 13.2. The van der Waals surface area contributed by atoms with Crippen molar-refractivity contribution in [3.8, 4) is 0 Å². The number of thiazole rings is 1. The van der Waals surface area contributed by atoms with Crippen molar-refractivity contribution in [3.63, 3.8) is 0 Å². The minimum absolute atomic E-state index is 0.114. The number of carboxylic acid groups (broad SMARTS) is 1. The summed E-state index contributed by atoms with van der Waals surface area (Å²) in [6.07, 6.45) is 1.22. The molecule has 0 aliphatic carbocycles. The molecule has 0 aliphatic rings. The summed E-state index contributed by atoms with van der Waals surface area (Å²) in [5, 5.41) is 20.4. The molecule has 0 aromatic carbocycles. The van der Waals surface area contributed by atoms with Crippen LogP contribution >= 0.6 is 11.3 Å². The van der Waals surface area contributed by atoms with Crippen LogP contribution in [0, 0.1) is 24.0 Å². The minimum atomic E-state index is -1.20. The molecule has 0 bridgehead atoms. The Morgan fingerprint density at radius 2 is 2.26 bits per heavy atom. The number of nitrogens with zero attached hydrogens (tertiary/aromatic N) is 3. The predicted octanol–water partition coefficient (Wildman–Crippen LogP) is 2.22. The Labute approximate surface area is 112 Å². The summed E-state index contributed by atoms with van der Waals surface area (Å²) < 4.78 is 1.33. The van der Waals surface area contributed by atoms with Gasteiger partial charge in [-0.2, -0.15) is 0 Å². The highest BCUT2D eigenvalue weighted by Gasteiger charge is 2.19. The van der Waals surface area contributed by atoms with E-state index < -0.39 is 10.9 Å². The lowest BCUT2D eigenvalue weighted by Crippen LogP contribution is -2.08. The van der Waals surface area contributed by atoms with Crippen molar-refractivity contribution >= 4 is 23.0 Å². The standard InChI is InChI=1S/C11H11N3O4S/c1-6-7(2)19-10(12-6)5-13-4-8(14(17)18)3-9(13)11(15)16/h3-4H,5H2,1-2H3,(H,15,16). The molecule has 100 valence electrons. The lowest BCUT2D eigenvalue weighted by atomic mass is 10.4. The minimum Gasteiger partial charge on any atom is -0.477 e. The zero-order valence-electron chi connectivity index (χ0n) is 10.3. The van der Waals surface area contributed by atoms with Gasteiger partial charge in [0.1, 0.15) is 10.7 Å². The molecule has 0 unspecified atom stereocenters. The highest BCUT2D eigenvalue weighted by Crippen LogP contribution is 2.21. The second-order valence-corrected chi connectivity index (χ2v) is 5.31. The van der Waals surface area contributed by atoms with Crippen LogP contribution in [0.5, 0.6) is 0 Å². The monoisotopic (exact) mass is 281 g/mol. The van der Waals surface area contributed by atoms with Crippen molar-refractivity contribution in [3.05, 3.63) is 43.7 Å². The van der Waals surface area contributed by atoms with Gasteiger partial charge in [-0.05, 0) is 13.8 Å². The van der Waals surface area contributed by atoms with E-state index in [1.165, 1.54) is 22.1 Å². The van der Waals surface area contributed by atoms with Crippen LogP contribution in [0.3, 0.4) is 0 Å². The molecule has 19 heavy (non-hydrogen) atoms. The van der Waals surface area contributed by atoms with Crippen molar-refractivity contribution in [2.75, 3.05) is 0 Å². The Hall–Kier alpha value is -2.22. The molecule has 8 heteroatoms. The van der Waals surface area contributed by atoms with E-state index in [1.807, 2.05) is 13.8 Å². The zero-order valence-corrected chi connectivity index (χ0v) is 11.1. The smallest absolute Gasteiger partial charge is 0.352 e. The van der Waals surface area contributed by atoms with Crippen LogP contribution in [-0.4, -0.2) is 25.6 Å². The van der Waals surface area contributed by atoms with E-state index >= 15 is 0 Å². The second-order valence-electron chi connectivity index (χ2n) is 4.02. The third kappa shape index (κ3) is 2.63. The van der Waals surface area contributed by atoms with E-state index in [9.17, 15) is 14.9 Å². The number of hydrogen-bond donors (Lipinski definition) is 1. The van der Waals surface area contributed by atoms with Crippen molar-refractivity contribution < 1.29 is 14.8 Å². The van der Waals surface area contributed by atoms with Crippen LogP contribution in [0.25, 0.3) is 0 Å². The van der Waals surface area contributed by atoms with Gasteiger partial charge >= 0.3 is 5.97 Å². The highest BCUT2D eigenvalue weighted by atomic mass is 32.1. The number of carbonyl (C=O) groups is 1. The van der Waals surface area contributed by atoms with Crippen molar-refractivity contribution in [1.29, 1.82) is 0 Å². The van der Waals surface area contributed by atoms with Gasteiger partial charge in [0.15, 0.2) is 0 Å². The van der Waals surface area contributed by atoms with Gasteiger partial charge in [0, 0.05) is 10.9 Å². The first-order valence-corrected chi connectivity index (χ1v) is 6.21. The molecule has 2 aromatic heterocycles. The van der Waals surface area contributed by atoms with E-state index in [0.717, 1.165) is 21.6 Å². The Bertz CT molecular complexity index is 639. The first-order chi connectivity index (χ1) is 8.88. The molecule has 0 spiro atoms. The van der Waals surface area contributed by atoms with E-state index in [1.54, 1.807) is 0 Å². The topological polar surface area (TPSA) is 98.3 Å². The SMILES string of the molecule is Cc1nc(Cn2cc([N+](=O)[O-])cc2C(=O)O)sc1C. The maximum atomic E-state index is 11.1. The van der Waals surface area contributed by atoms with Crippen molar-refractivity contribution in [2.45, 2.75) is 20.4 Å². The molecule has 0 saturated carbocycles. The summed E-state index contributed by atoms with van der Waals surface area (Å²) in [6.45, 7) is 4.01. The number of aromatic nitrogens is 2. The summed E-state index contributed by atoms with van der Waals surface area (Å²) in [7, 11) is 0. The zero-order chi connectivity index (χ0) is 14.2. The number of aromatic carboxylic acids is 1. The Morgan fingerprint density at radius 1 is 1.58 bits per heavy atom. The van der Waals surface area contributed by atoms with E-state index in [4.69, 9.17) is 5.11 Å². The van der Waals surface area contributed by atoms with Crippen LogP contribution in [0.4, 0.5) is 5.69 Å². The average molecular weight is 281 g/mol. The van der Waals surface area contributed by atoms with Crippen LogP contribution in [0.15, 0.2) is 12.3 Å². The van der Waals surface area contributed by atoms with Gasteiger partial charge in [0.05, 0.1) is 23.4 Å². The summed E-state index contributed by atoms with van der Waals surface area (Å²) in [5.41, 5.74) is 0.540. The van der Waals surface area contributed by atoms with Gasteiger partial charge in [-0.3, -0.25) is 10.1 Å². The van der Waals surface area contributed by atoms with Crippen LogP contribution in [-0.2, 0) is 6.54 Å². The lowest BCUT2D eigenvalue weighted by Gasteiger charge is -2.01. The molecular formula is C11H11N3O4S. The van der Waals surface area contributed by atoms with Crippen molar-refractivity contribution in [1.82, 2.24) is 9.55 Å². The fraction of sp³-hybridized carbons (Fsp3) is 0.273. The summed E-state index contributed by atoms with van der Waals surface area (Å²) in [6, 6.07) is 1.05. The molecule has 2 aromatic rings. The molecule has 0 fully saturated rings. The average Bonchev–Trinajstić information content (AvgIpc) is 2.84. The van der Waals surface area contributed by atoms with E-state index in [-0.39, 0.29) is 17.9 Å². The van der Waals surface area contributed by atoms with Gasteiger partial charge in [-0.15, -0.1) is 11.3 Å². The third-order valence-corrected chi connectivity index (χ3v) is 3.75. The molecule has 0 atom stereocenters. The fourth-order valence-electron chi connectivity index (χ4n) is 1.66. The van der Waals surface area contributed by atoms with Gasteiger partial charge in [-0.25, -0.2) is 9.78 Å². The maximum absolute atomic E-state index is 11.1. The maximum Gasteiger partial charge on any atom is 0.352 e. The largest absolute Gasteiger partial charge is 0.477 e. The molecule has 7 nitrogen and oxygen atoms in total. The molecule has 2 heterocycles. The lowest BCUT2D eigenvalue weighted by molar-refractivity contribution is -0.384. The van der Waals surface area contributed by atoms with E-state index in [2.05, 4.69) is 4.98 Å². The Morgan fingerprint density at radius 3 is 2.74 bits per heavy atom. The third-order valence-electron chi connectivity index (χ3n) is 2.69. The second kappa shape index (κ2) is 4.81. The Kier molecular flexibility index (Phi) is 3.34. The molecular weight excluding hydrogens is 270 g/mol. The predicted molar refractivity (Wildman–Crippen MR) is 68.7 cm³/mol. The molecule has 0 radical (unpaired) electrons. The number of carboxylic acids is 1. The van der Waals surface area contributed by atoms with Crippen LogP contribution in [0.2, 0.25) is 0 Å². The molecule has 1 N–H and O–H groups in total. The highest BCUT2D eigenvalue weighted by molar-refractivity contribution is 7.11. The molecule has 0 amide bonds. The quantitative estimate of drug-likeness (QED) is 0.684. The summed E-state index contributed by atoms with van der Waals surface area (Å²) in [4.78, 5) is 26.5. The number of rotatable bonds is 4. The number of aryl methyl sites for hydroxylation is 2. The number of hydrogen-bond acceptors (Lipinski definition) is 5. The van der Waals surface area contributed by atoms with Gasteiger partial charge in [0.25, 0.3) is 5.69 Å². The fourth-order valence-corrected chi connectivity index (χ4v) is 2.59. The van der Waals surface area contributed by atoms with Crippen LogP contribution < -0.4 is 0 Å².